The highest BCUT2D eigenvalue weighted by Crippen LogP contribution is 2.24. The van der Waals surface area contributed by atoms with Crippen LogP contribution in [0, 0.1) is 0 Å². The maximum absolute atomic E-state index is 10.3. The first-order valence-corrected chi connectivity index (χ1v) is 6.99. The van der Waals surface area contributed by atoms with Crippen LogP contribution in [0.25, 0.3) is 0 Å². The summed E-state index contributed by atoms with van der Waals surface area (Å²) < 4.78 is 5.63. The number of aliphatic hydroxyl groups is 1. The van der Waals surface area contributed by atoms with Crippen LogP contribution in [0.15, 0.2) is 24.3 Å². The molecule has 0 amide bonds. The van der Waals surface area contributed by atoms with Gasteiger partial charge in [0, 0.05) is 6.61 Å². The van der Waals surface area contributed by atoms with E-state index in [-0.39, 0.29) is 6.10 Å². The van der Waals surface area contributed by atoms with Gasteiger partial charge in [0.05, 0.1) is 6.10 Å². The molecule has 0 aliphatic heterocycles. The SMILES string of the molecule is CCCC(OCC)C(O)c1ccc(C(C)C)cc1. The van der Waals surface area contributed by atoms with Crippen LogP contribution in [0.3, 0.4) is 0 Å². The molecule has 0 saturated heterocycles. The van der Waals surface area contributed by atoms with Gasteiger partial charge in [0.1, 0.15) is 6.10 Å². The van der Waals surface area contributed by atoms with Crippen molar-refractivity contribution in [1.82, 2.24) is 0 Å². The number of benzene rings is 1. The molecule has 0 heterocycles. The van der Waals surface area contributed by atoms with E-state index < -0.39 is 6.10 Å². The van der Waals surface area contributed by atoms with Gasteiger partial charge in [-0.25, -0.2) is 0 Å². The lowest BCUT2D eigenvalue weighted by Gasteiger charge is -2.23. The van der Waals surface area contributed by atoms with E-state index in [2.05, 4.69) is 32.9 Å². The zero-order valence-corrected chi connectivity index (χ0v) is 12.0. The average Bonchev–Trinajstić information content (AvgIpc) is 2.38. The van der Waals surface area contributed by atoms with Gasteiger partial charge in [-0.15, -0.1) is 0 Å². The van der Waals surface area contributed by atoms with Gasteiger partial charge in [-0.3, -0.25) is 0 Å². The Labute approximate surface area is 111 Å². The normalized spacial score (nSPS) is 14.8. The summed E-state index contributed by atoms with van der Waals surface area (Å²) in [5.74, 6) is 0.523. The average molecular weight is 250 g/mol. The largest absolute Gasteiger partial charge is 0.386 e. The molecule has 0 aliphatic rings. The summed E-state index contributed by atoms with van der Waals surface area (Å²) in [6.45, 7) is 9.07. The standard InChI is InChI=1S/C16H26O2/c1-5-7-15(18-6-2)16(17)14-10-8-13(9-11-14)12(3)4/h8-12,15-17H,5-7H2,1-4H3. The first-order valence-electron chi connectivity index (χ1n) is 6.99. The first-order chi connectivity index (χ1) is 8.60. The van der Waals surface area contributed by atoms with Gasteiger partial charge in [-0.1, -0.05) is 51.5 Å². The Hall–Kier alpha value is -0.860. The molecule has 18 heavy (non-hydrogen) atoms. The van der Waals surface area contributed by atoms with Crippen LogP contribution in [-0.4, -0.2) is 17.8 Å². The van der Waals surface area contributed by atoms with E-state index in [1.807, 2.05) is 19.1 Å². The molecule has 1 aromatic carbocycles. The van der Waals surface area contributed by atoms with Crippen LogP contribution < -0.4 is 0 Å². The molecule has 0 spiro atoms. The molecule has 0 bridgehead atoms. The van der Waals surface area contributed by atoms with Crippen LogP contribution >= 0.6 is 0 Å². The van der Waals surface area contributed by atoms with Crippen LogP contribution in [0.4, 0.5) is 0 Å². The lowest BCUT2D eigenvalue weighted by molar-refractivity contribution is -0.0384. The van der Waals surface area contributed by atoms with Crippen LogP contribution in [0.5, 0.6) is 0 Å². The molecular weight excluding hydrogens is 224 g/mol. The molecule has 102 valence electrons. The number of hydrogen-bond donors (Lipinski definition) is 1. The summed E-state index contributed by atoms with van der Waals surface area (Å²) in [7, 11) is 0. The maximum Gasteiger partial charge on any atom is 0.105 e. The molecule has 2 nitrogen and oxygen atoms in total. The maximum atomic E-state index is 10.3. The predicted octanol–water partition coefficient (Wildman–Crippen LogP) is 4.05. The molecule has 0 radical (unpaired) electrons. The van der Waals surface area contributed by atoms with Gasteiger partial charge in [-0.2, -0.15) is 0 Å². The van der Waals surface area contributed by atoms with E-state index >= 15 is 0 Å². The molecule has 2 unspecified atom stereocenters. The zero-order valence-electron chi connectivity index (χ0n) is 12.0. The Morgan fingerprint density at radius 3 is 2.06 bits per heavy atom. The van der Waals surface area contributed by atoms with Crippen LogP contribution in [-0.2, 0) is 4.74 Å². The topological polar surface area (TPSA) is 29.5 Å². The van der Waals surface area contributed by atoms with E-state index in [1.165, 1.54) is 5.56 Å². The van der Waals surface area contributed by atoms with Crippen molar-refractivity contribution in [2.75, 3.05) is 6.61 Å². The summed E-state index contributed by atoms with van der Waals surface area (Å²) in [5, 5.41) is 10.3. The summed E-state index contributed by atoms with van der Waals surface area (Å²) in [6.07, 6.45) is 1.29. The summed E-state index contributed by atoms with van der Waals surface area (Å²) in [6, 6.07) is 8.22. The summed E-state index contributed by atoms with van der Waals surface area (Å²) >= 11 is 0. The quantitative estimate of drug-likeness (QED) is 0.791. The number of rotatable bonds is 7. The summed E-state index contributed by atoms with van der Waals surface area (Å²) in [4.78, 5) is 0. The van der Waals surface area contributed by atoms with Crippen LogP contribution in [0.2, 0.25) is 0 Å². The van der Waals surface area contributed by atoms with Crippen molar-refractivity contribution in [2.24, 2.45) is 0 Å². The molecule has 0 saturated carbocycles. The molecular formula is C16H26O2. The van der Waals surface area contributed by atoms with E-state index in [0.29, 0.717) is 12.5 Å². The fraction of sp³-hybridized carbons (Fsp3) is 0.625. The van der Waals surface area contributed by atoms with E-state index in [4.69, 9.17) is 4.74 Å². The first kappa shape index (κ1) is 15.2. The smallest absolute Gasteiger partial charge is 0.105 e. The van der Waals surface area contributed by atoms with Gasteiger partial charge in [-0.05, 0) is 30.4 Å². The fourth-order valence-corrected chi connectivity index (χ4v) is 2.12. The highest BCUT2D eigenvalue weighted by Gasteiger charge is 2.20. The Morgan fingerprint density at radius 1 is 1.06 bits per heavy atom. The third-order valence-corrected chi connectivity index (χ3v) is 3.25. The Kier molecular flexibility index (Phi) is 6.37. The monoisotopic (exact) mass is 250 g/mol. The molecule has 1 rings (SSSR count). The van der Waals surface area contributed by atoms with Gasteiger partial charge in [0.25, 0.3) is 0 Å². The Morgan fingerprint density at radius 2 is 1.61 bits per heavy atom. The molecule has 2 atom stereocenters. The fourth-order valence-electron chi connectivity index (χ4n) is 2.12. The third-order valence-electron chi connectivity index (χ3n) is 3.25. The van der Waals surface area contributed by atoms with Gasteiger partial charge in [0.2, 0.25) is 0 Å². The van der Waals surface area contributed by atoms with Crippen molar-refractivity contribution in [3.8, 4) is 0 Å². The minimum atomic E-state index is -0.522. The number of hydrogen-bond acceptors (Lipinski definition) is 2. The molecule has 2 heteroatoms. The minimum Gasteiger partial charge on any atom is -0.386 e. The van der Waals surface area contributed by atoms with Gasteiger partial charge < -0.3 is 9.84 Å². The Balaban J connectivity index is 2.77. The summed E-state index contributed by atoms with van der Waals surface area (Å²) in [5.41, 5.74) is 2.25. The molecule has 0 aromatic heterocycles. The van der Waals surface area contributed by atoms with Crippen molar-refractivity contribution in [1.29, 1.82) is 0 Å². The van der Waals surface area contributed by atoms with Crippen molar-refractivity contribution >= 4 is 0 Å². The lowest BCUT2D eigenvalue weighted by atomic mass is 9.97. The lowest BCUT2D eigenvalue weighted by Crippen LogP contribution is -2.22. The molecule has 0 fully saturated rings. The van der Waals surface area contributed by atoms with Crippen molar-refractivity contribution < 1.29 is 9.84 Å². The molecule has 0 aliphatic carbocycles. The highest BCUT2D eigenvalue weighted by molar-refractivity contribution is 5.26. The zero-order chi connectivity index (χ0) is 13.5. The second kappa shape index (κ2) is 7.55. The van der Waals surface area contributed by atoms with Crippen molar-refractivity contribution in [2.45, 2.75) is 58.7 Å². The third kappa shape index (κ3) is 4.11. The van der Waals surface area contributed by atoms with Crippen molar-refractivity contribution in [3.63, 3.8) is 0 Å². The van der Waals surface area contributed by atoms with Gasteiger partial charge in [0.15, 0.2) is 0 Å². The van der Waals surface area contributed by atoms with E-state index in [1.54, 1.807) is 0 Å². The Bertz CT molecular complexity index is 323. The highest BCUT2D eigenvalue weighted by atomic mass is 16.5. The molecule has 1 N–H and O–H groups in total. The predicted molar refractivity (Wildman–Crippen MR) is 75.8 cm³/mol. The second-order valence-electron chi connectivity index (χ2n) is 5.05. The minimum absolute atomic E-state index is 0.0927. The second-order valence-corrected chi connectivity index (χ2v) is 5.05. The van der Waals surface area contributed by atoms with Crippen molar-refractivity contribution in [3.05, 3.63) is 35.4 Å². The van der Waals surface area contributed by atoms with E-state index in [0.717, 1.165) is 18.4 Å². The molecule has 1 aromatic rings. The van der Waals surface area contributed by atoms with Gasteiger partial charge >= 0.3 is 0 Å². The number of ether oxygens (including phenoxy) is 1. The van der Waals surface area contributed by atoms with Crippen LogP contribution in [0.1, 0.15) is 63.7 Å². The number of aliphatic hydroxyl groups excluding tert-OH is 1. The van der Waals surface area contributed by atoms with E-state index in [9.17, 15) is 5.11 Å².